The Morgan fingerprint density at radius 1 is 1.16 bits per heavy atom. The van der Waals surface area contributed by atoms with Gasteiger partial charge in [0, 0.05) is 5.56 Å². The van der Waals surface area contributed by atoms with Gasteiger partial charge in [0.25, 0.3) is 0 Å². The van der Waals surface area contributed by atoms with Crippen molar-refractivity contribution in [2.24, 2.45) is 5.16 Å². The summed E-state index contributed by atoms with van der Waals surface area (Å²) in [6.07, 6.45) is 1.41. The molecule has 0 bridgehead atoms. The summed E-state index contributed by atoms with van der Waals surface area (Å²) in [5, 5.41) is 11.6. The third-order valence-corrected chi connectivity index (χ3v) is 2.70. The summed E-state index contributed by atoms with van der Waals surface area (Å²) in [5.41, 5.74) is 3.01. The molecule has 0 aromatic heterocycles. The molecular weight excluding hydrogens is 262 g/mol. The van der Waals surface area contributed by atoms with Crippen LogP contribution in [0.1, 0.15) is 16.7 Å². The largest absolute Gasteiger partial charge is 0.489 e. The van der Waals surface area contributed by atoms with Crippen LogP contribution in [0.3, 0.4) is 0 Å². The summed E-state index contributed by atoms with van der Waals surface area (Å²) in [4.78, 5) is 0. The maximum atomic E-state index is 8.57. The second-order valence-electron chi connectivity index (χ2n) is 4.04. The molecule has 0 aliphatic heterocycles. The van der Waals surface area contributed by atoms with E-state index < -0.39 is 0 Å². The minimum absolute atomic E-state index is 0. The van der Waals surface area contributed by atoms with E-state index in [1.165, 1.54) is 6.21 Å². The van der Waals surface area contributed by atoms with Crippen molar-refractivity contribution in [3.05, 3.63) is 65.2 Å². The van der Waals surface area contributed by atoms with Crippen LogP contribution in [-0.2, 0) is 6.61 Å². The van der Waals surface area contributed by atoms with Crippen LogP contribution in [0.15, 0.2) is 53.7 Å². The number of oxime groups is 1. The summed E-state index contributed by atoms with van der Waals surface area (Å²) in [6, 6.07) is 15.7. The molecule has 4 heteroatoms. The van der Waals surface area contributed by atoms with E-state index in [2.05, 4.69) is 5.16 Å². The number of hydrogen-bond acceptors (Lipinski definition) is 3. The second kappa shape index (κ2) is 7.44. The van der Waals surface area contributed by atoms with Crippen molar-refractivity contribution < 1.29 is 9.94 Å². The lowest BCUT2D eigenvalue weighted by Crippen LogP contribution is -1.96. The van der Waals surface area contributed by atoms with Crippen molar-refractivity contribution >= 4 is 18.6 Å². The smallest absolute Gasteiger partial charge is 0.120 e. The zero-order valence-corrected chi connectivity index (χ0v) is 11.4. The molecule has 0 aliphatic carbocycles. The molecule has 0 spiro atoms. The standard InChI is InChI=1S/C15H15NO2.ClH/c1-12-7-8-15(9-14(12)10-16-17)18-11-13-5-3-2-4-6-13;/h2-10,17H,11H2,1H3;1H/b16-10+;. The minimum atomic E-state index is 0. The highest BCUT2D eigenvalue weighted by atomic mass is 35.5. The van der Waals surface area contributed by atoms with E-state index in [4.69, 9.17) is 9.94 Å². The molecule has 1 N–H and O–H groups in total. The average Bonchev–Trinajstić information content (AvgIpc) is 2.41. The number of nitrogens with zero attached hydrogens (tertiary/aromatic N) is 1. The Morgan fingerprint density at radius 3 is 2.58 bits per heavy atom. The van der Waals surface area contributed by atoms with Crippen molar-refractivity contribution in [1.82, 2.24) is 0 Å². The maximum absolute atomic E-state index is 8.57. The maximum Gasteiger partial charge on any atom is 0.120 e. The van der Waals surface area contributed by atoms with Crippen LogP contribution < -0.4 is 4.74 Å². The fraction of sp³-hybridized carbons (Fsp3) is 0.133. The molecule has 0 saturated carbocycles. The van der Waals surface area contributed by atoms with Gasteiger partial charge in [-0.25, -0.2) is 0 Å². The van der Waals surface area contributed by atoms with E-state index in [9.17, 15) is 0 Å². The first-order valence-corrected chi connectivity index (χ1v) is 5.74. The number of ether oxygens (including phenoxy) is 1. The summed E-state index contributed by atoms with van der Waals surface area (Å²) in [5.74, 6) is 0.763. The first kappa shape index (κ1) is 15.1. The number of hydrogen-bond donors (Lipinski definition) is 1. The van der Waals surface area contributed by atoms with Gasteiger partial charge in [0.15, 0.2) is 0 Å². The molecule has 0 atom stereocenters. The number of aryl methyl sites for hydroxylation is 1. The van der Waals surface area contributed by atoms with Gasteiger partial charge >= 0.3 is 0 Å². The van der Waals surface area contributed by atoms with Crippen LogP contribution in [0.2, 0.25) is 0 Å². The molecule has 0 fully saturated rings. The summed E-state index contributed by atoms with van der Waals surface area (Å²) in [6.45, 7) is 2.48. The van der Waals surface area contributed by atoms with Gasteiger partial charge in [-0.2, -0.15) is 0 Å². The molecule has 0 aliphatic rings. The fourth-order valence-electron chi connectivity index (χ4n) is 1.65. The molecule has 0 heterocycles. The average molecular weight is 278 g/mol. The fourth-order valence-corrected chi connectivity index (χ4v) is 1.65. The highest BCUT2D eigenvalue weighted by molar-refractivity contribution is 5.85. The van der Waals surface area contributed by atoms with E-state index >= 15 is 0 Å². The Bertz CT molecular complexity index is 541. The highest BCUT2D eigenvalue weighted by Gasteiger charge is 2.00. The zero-order valence-electron chi connectivity index (χ0n) is 10.6. The van der Waals surface area contributed by atoms with Gasteiger partial charge in [-0.15, -0.1) is 12.4 Å². The van der Waals surface area contributed by atoms with E-state index in [-0.39, 0.29) is 12.4 Å². The Kier molecular flexibility index (Phi) is 5.90. The van der Waals surface area contributed by atoms with Crippen LogP contribution >= 0.6 is 12.4 Å². The Morgan fingerprint density at radius 2 is 1.89 bits per heavy atom. The Labute approximate surface area is 118 Å². The van der Waals surface area contributed by atoms with E-state index in [1.807, 2.05) is 55.5 Å². The topological polar surface area (TPSA) is 41.8 Å². The molecule has 19 heavy (non-hydrogen) atoms. The van der Waals surface area contributed by atoms with Gasteiger partial charge in [-0.1, -0.05) is 41.6 Å². The van der Waals surface area contributed by atoms with Crippen molar-refractivity contribution in [3.63, 3.8) is 0 Å². The molecule has 100 valence electrons. The Balaban J connectivity index is 0.00000180. The van der Waals surface area contributed by atoms with Crippen molar-refractivity contribution in [1.29, 1.82) is 0 Å². The van der Waals surface area contributed by atoms with E-state index in [0.29, 0.717) is 6.61 Å². The van der Waals surface area contributed by atoms with Gasteiger partial charge in [0.05, 0.1) is 6.21 Å². The monoisotopic (exact) mass is 277 g/mol. The van der Waals surface area contributed by atoms with E-state index in [1.54, 1.807) is 0 Å². The lowest BCUT2D eigenvalue weighted by molar-refractivity contribution is 0.306. The summed E-state index contributed by atoms with van der Waals surface area (Å²) < 4.78 is 5.69. The quantitative estimate of drug-likeness (QED) is 0.525. The third-order valence-electron chi connectivity index (χ3n) is 2.70. The van der Waals surface area contributed by atoms with Crippen LogP contribution in [0, 0.1) is 6.92 Å². The van der Waals surface area contributed by atoms with Gasteiger partial charge in [-0.3, -0.25) is 0 Å². The lowest BCUT2D eigenvalue weighted by atomic mass is 10.1. The van der Waals surface area contributed by atoms with Crippen LogP contribution in [0.25, 0.3) is 0 Å². The molecule has 0 saturated heterocycles. The van der Waals surface area contributed by atoms with Crippen molar-refractivity contribution in [3.8, 4) is 5.75 Å². The molecule has 2 rings (SSSR count). The molecule has 3 nitrogen and oxygen atoms in total. The van der Waals surface area contributed by atoms with Crippen LogP contribution in [0.5, 0.6) is 5.75 Å². The van der Waals surface area contributed by atoms with Gasteiger partial charge < -0.3 is 9.94 Å². The van der Waals surface area contributed by atoms with Crippen molar-refractivity contribution in [2.75, 3.05) is 0 Å². The lowest BCUT2D eigenvalue weighted by Gasteiger charge is -2.08. The first-order valence-electron chi connectivity index (χ1n) is 5.74. The third kappa shape index (κ3) is 4.30. The molecule has 2 aromatic carbocycles. The molecular formula is C15H16ClNO2. The molecule has 0 radical (unpaired) electrons. The predicted molar refractivity (Wildman–Crippen MR) is 78.6 cm³/mol. The second-order valence-corrected chi connectivity index (χ2v) is 4.04. The molecule has 0 amide bonds. The Hall–Kier alpha value is -2.00. The van der Waals surface area contributed by atoms with E-state index in [0.717, 1.165) is 22.4 Å². The summed E-state index contributed by atoms with van der Waals surface area (Å²) in [7, 11) is 0. The number of halogens is 1. The number of benzene rings is 2. The summed E-state index contributed by atoms with van der Waals surface area (Å²) >= 11 is 0. The van der Waals surface area contributed by atoms with Crippen LogP contribution in [0.4, 0.5) is 0 Å². The SMILES string of the molecule is Cc1ccc(OCc2ccccc2)cc1/C=N/O.Cl. The molecule has 0 unspecified atom stereocenters. The minimum Gasteiger partial charge on any atom is -0.489 e. The van der Waals surface area contributed by atoms with Gasteiger partial charge in [-0.05, 0) is 30.2 Å². The zero-order chi connectivity index (χ0) is 12.8. The first-order chi connectivity index (χ1) is 8.79. The van der Waals surface area contributed by atoms with Crippen LogP contribution in [-0.4, -0.2) is 11.4 Å². The van der Waals surface area contributed by atoms with Gasteiger partial charge in [0.2, 0.25) is 0 Å². The molecule has 2 aromatic rings. The predicted octanol–water partition coefficient (Wildman–Crippen LogP) is 3.80. The van der Waals surface area contributed by atoms with Gasteiger partial charge in [0.1, 0.15) is 12.4 Å². The highest BCUT2D eigenvalue weighted by Crippen LogP contribution is 2.17. The van der Waals surface area contributed by atoms with Crippen molar-refractivity contribution in [2.45, 2.75) is 13.5 Å². The number of rotatable bonds is 4. The normalized spacial score (nSPS) is 10.2.